The molecule has 2 rings (SSSR count). The van der Waals surface area contributed by atoms with E-state index in [0.717, 1.165) is 43.2 Å². The van der Waals surface area contributed by atoms with Gasteiger partial charge in [0.2, 0.25) is 0 Å². The van der Waals surface area contributed by atoms with E-state index in [-0.39, 0.29) is 0 Å². The van der Waals surface area contributed by atoms with Gasteiger partial charge in [0.05, 0.1) is 7.11 Å². The monoisotopic (exact) mass is 331 g/mol. The van der Waals surface area contributed by atoms with E-state index in [1.807, 2.05) is 0 Å². The van der Waals surface area contributed by atoms with Gasteiger partial charge in [-0.2, -0.15) is 0 Å². The lowest BCUT2D eigenvalue weighted by Gasteiger charge is -2.12. The van der Waals surface area contributed by atoms with E-state index in [1.165, 1.54) is 10.4 Å². The molecule has 124 valence electrons. The van der Waals surface area contributed by atoms with Gasteiger partial charge in [-0.25, -0.2) is 0 Å². The predicted molar refractivity (Wildman–Crippen MR) is 98.8 cm³/mol. The summed E-state index contributed by atoms with van der Waals surface area (Å²) in [6.45, 7) is 3.78. The van der Waals surface area contributed by atoms with Crippen molar-refractivity contribution in [3.63, 3.8) is 0 Å². The van der Waals surface area contributed by atoms with Crippen molar-refractivity contribution in [2.75, 3.05) is 27.2 Å². The minimum Gasteiger partial charge on any atom is -0.496 e. The van der Waals surface area contributed by atoms with E-state index >= 15 is 0 Å². The molecule has 2 aromatic rings. The normalized spacial score (nSPS) is 11.3. The van der Waals surface area contributed by atoms with Crippen LogP contribution < -0.4 is 15.4 Å². The Kier molecular flexibility index (Phi) is 6.94. The molecular formula is C18H25N3OS. The van der Waals surface area contributed by atoms with Crippen molar-refractivity contribution in [3.8, 4) is 5.75 Å². The van der Waals surface area contributed by atoms with E-state index in [2.05, 4.69) is 58.3 Å². The lowest BCUT2D eigenvalue weighted by molar-refractivity contribution is 0.411. The third kappa shape index (κ3) is 5.60. The Morgan fingerprint density at radius 3 is 2.61 bits per heavy atom. The summed E-state index contributed by atoms with van der Waals surface area (Å²) >= 11 is 1.79. The molecule has 0 aliphatic carbocycles. The summed E-state index contributed by atoms with van der Waals surface area (Å²) in [5.41, 5.74) is 2.42. The van der Waals surface area contributed by atoms with Crippen LogP contribution >= 0.6 is 11.3 Å². The average Bonchev–Trinajstić information content (AvgIpc) is 3.08. The maximum Gasteiger partial charge on any atom is 0.190 e. The highest BCUT2D eigenvalue weighted by atomic mass is 32.1. The van der Waals surface area contributed by atoms with Gasteiger partial charge in [-0.15, -0.1) is 11.3 Å². The number of hydrogen-bond acceptors (Lipinski definition) is 3. The maximum atomic E-state index is 5.37. The van der Waals surface area contributed by atoms with Crippen LogP contribution in [0.3, 0.4) is 0 Å². The van der Waals surface area contributed by atoms with Gasteiger partial charge in [0.15, 0.2) is 5.96 Å². The Hall–Kier alpha value is -2.01. The molecule has 1 heterocycles. The Labute approximate surface area is 142 Å². The van der Waals surface area contributed by atoms with Crippen LogP contribution in [0.1, 0.15) is 16.0 Å². The van der Waals surface area contributed by atoms with Gasteiger partial charge in [-0.05, 0) is 48.4 Å². The molecule has 0 atom stereocenters. The van der Waals surface area contributed by atoms with Crippen LogP contribution in [-0.4, -0.2) is 33.2 Å². The van der Waals surface area contributed by atoms with Crippen molar-refractivity contribution in [2.24, 2.45) is 4.99 Å². The number of nitrogens with zero attached hydrogens (tertiary/aromatic N) is 1. The first-order chi connectivity index (χ1) is 11.2. The Morgan fingerprint density at radius 2 is 1.96 bits per heavy atom. The SMILES string of the molecule is CN=C(NCCc1ccc(C)c(OC)c1)NCCc1cccs1. The molecule has 0 saturated heterocycles. The number of guanidine groups is 1. The number of aliphatic imine (C=N–C) groups is 1. The average molecular weight is 331 g/mol. The van der Waals surface area contributed by atoms with Crippen molar-refractivity contribution >= 4 is 17.3 Å². The molecule has 2 N–H and O–H groups in total. The molecule has 0 bridgehead atoms. The predicted octanol–water partition coefficient (Wildman–Crippen LogP) is 3.02. The van der Waals surface area contributed by atoms with Crippen molar-refractivity contribution in [2.45, 2.75) is 19.8 Å². The summed E-state index contributed by atoms with van der Waals surface area (Å²) in [4.78, 5) is 5.65. The molecular weight excluding hydrogens is 306 g/mol. The highest BCUT2D eigenvalue weighted by Gasteiger charge is 2.02. The van der Waals surface area contributed by atoms with Gasteiger partial charge in [0, 0.05) is 25.0 Å². The zero-order valence-corrected chi connectivity index (χ0v) is 14.9. The molecule has 1 aromatic heterocycles. The summed E-state index contributed by atoms with van der Waals surface area (Å²) < 4.78 is 5.37. The minimum absolute atomic E-state index is 0.838. The first-order valence-corrected chi connectivity index (χ1v) is 8.71. The van der Waals surface area contributed by atoms with Gasteiger partial charge in [0.1, 0.15) is 5.75 Å². The van der Waals surface area contributed by atoms with Crippen LogP contribution in [-0.2, 0) is 12.8 Å². The number of hydrogen-bond donors (Lipinski definition) is 2. The molecule has 0 radical (unpaired) electrons. The lowest BCUT2D eigenvalue weighted by Crippen LogP contribution is -2.39. The molecule has 0 aliphatic heterocycles. The van der Waals surface area contributed by atoms with Crippen LogP contribution in [0.25, 0.3) is 0 Å². The number of rotatable bonds is 7. The lowest BCUT2D eigenvalue weighted by atomic mass is 10.1. The first-order valence-electron chi connectivity index (χ1n) is 7.83. The molecule has 0 amide bonds. The van der Waals surface area contributed by atoms with Gasteiger partial charge < -0.3 is 15.4 Å². The third-order valence-corrected chi connectivity index (χ3v) is 4.58. The third-order valence-electron chi connectivity index (χ3n) is 3.65. The quantitative estimate of drug-likeness (QED) is 0.605. The minimum atomic E-state index is 0.838. The smallest absolute Gasteiger partial charge is 0.190 e. The summed E-state index contributed by atoms with van der Waals surface area (Å²) in [5, 5.41) is 8.81. The highest BCUT2D eigenvalue weighted by Crippen LogP contribution is 2.18. The molecule has 4 nitrogen and oxygen atoms in total. The number of methoxy groups -OCH3 is 1. The van der Waals surface area contributed by atoms with E-state index in [9.17, 15) is 0 Å². The fraction of sp³-hybridized carbons (Fsp3) is 0.389. The molecule has 0 spiro atoms. The van der Waals surface area contributed by atoms with Crippen LogP contribution in [0.5, 0.6) is 5.75 Å². The van der Waals surface area contributed by atoms with Gasteiger partial charge >= 0.3 is 0 Å². The summed E-state index contributed by atoms with van der Waals surface area (Å²) in [6, 6.07) is 10.6. The van der Waals surface area contributed by atoms with E-state index in [0.29, 0.717) is 0 Å². The van der Waals surface area contributed by atoms with Gasteiger partial charge in [-0.1, -0.05) is 18.2 Å². The van der Waals surface area contributed by atoms with Crippen LogP contribution in [0.2, 0.25) is 0 Å². The molecule has 0 fully saturated rings. The highest BCUT2D eigenvalue weighted by molar-refractivity contribution is 7.09. The number of ether oxygens (including phenoxy) is 1. The fourth-order valence-electron chi connectivity index (χ4n) is 2.32. The topological polar surface area (TPSA) is 45.7 Å². The fourth-order valence-corrected chi connectivity index (χ4v) is 3.03. The Morgan fingerprint density at radius 1 is 1.17 bits per heavy atom. The second kappa shape index (κ2) is 9.20. The number of thiophene rings is 1. The summed E-state index contributed by atoms with van der Waals surface area (Å²) in [6.07, 6.45) is 1.95. The maximum absolute atomic E-state index is 5.37. The second-order valence-corrected chi connectivity index (χ2v) is 6.34. The van der Waals surface area contributed by atoms with Gasteiger partial charge in [0.25, 0.3) is 0 Å². The van der Waals surface area contributed by atoms with Crippen molar-refractivity contribution < 1.29 is 4.74 Å². The van der Waals surface area contributed by atoms with E-state index < -0.39 is 0 Å². The molecule has 1 aromatic carbocycles. The number of benzene rings is 1. The molecule has 0 saturated carbocycles. The standard InChI is InChI=1S/C18H25N3OS/c1-14-6-7-15(13-17(14)22-3)8-10-20-18(19-2)21-11-9-16-5-4-12-23-16/h4-7,12-13H,8-11H2,1-3H3,(H2,19,20,21). The van der Waals surface area contributed by atoms with Crippen LogP contribution in [0.4, 0.5) is 0 Å². The van der Waals surface area contributed by atoms with Crippen LogP contribution in [0.15, 0.2) is 40.7 Å². The van der Waals surface area contributed by atoms with E-state index in [4.69, 9.17) is 4.74 Å². The number of nitrogens with one attached hydrogen (secondary N) is 2. The molecule has 0 unspecified atom stereocenters. The number of aryl methyl sites for hydroxylation is 1. The van der Waals surface area contributed by atoms with Crippen molar-refractivity contribution in [1.29, 1.82) is 0 Å². The zero-order valence-electron chi connectivity index (χ0n) is 14.1. The molecule has 5 heteroatoms. The largest absolute Gasteiger partial charge is 0.496 e. The van der Waals surface area contributed by atoms with Crippen molar-refractivity contribution in [3.05, 3.63) is 51.7 Å². The van der Waals surface area contributed by atoms with Gasteiger partial charge in [-0.3, -0.25) is 4.99 Å². The Bertz CT molecular complexity index is 623. The molecule has 0 aliphatic rings. The summed E-state index contributed by atoms with van der Waals surface area (Å²) in [5.74, 6) is 1.79. The van der Waals surface area contributed by atoms with E-state index in [1.54, 1.807) is 25.5 Å². The molecule has 23 heavy (non-hydrogen) atoms. The van der Waals surface area contributed by atoms with Crippen LogP contribution in [0, 0.1) is 6.92 Å². The zero-order chi connectivity index (χ0) is 16.5. The van der Waals surface area contributed by atoms with Crippen molar-refractivity contribution in [1.82, 2.24) is 10.6 Å². The summed E-state index contributed by atoms with van der Waals surface area (Å²) in [7, 11) is 3.51. The first kappa shape index (κ1) is 17.3. The Balaban J connectivity index is 1.73. The second-order valence-electron chi connectivity index (χ2n) is 5.31.